The van der Waals surface area contributed by atoms with Gasteiger partial charge < -0.3 is 9.73 Å². The molecular formula is C21H23N3O2. The van der Waals surface area contributed by atoms with Gasteiger partial charge >= 0.3 is 0 Å². The number of aryl methyl sites for hydroxylation is 1. The average Bonchev–Trinajstić information content (AvgIpc) is 3.20. The highest BCUT2D eigenvalue weighted by atomic mass is 16.3. The Morgan fingerprint density at radius 1 is 1.19 bits per heavy atom. The van der Waals surface area contributed by atoms with E-state index in [9.17, 15) is 4.79 Å². The Morgan fingerprint density at radius 3 is 2.81 bits per heavy atom. The van der Waals surface area contributed by atoms with Crippen LogP contribution >= 0.6 is 0 Å². The van der Waals surface area contributed by atoms with Gasteiger partial charge in [-0.2, -0.15) is 0 Å². The van der Waals surface area contributed by atoms with Crippen LogP contribution in [0.5, 0.6) is 0 Å². The summed E-state index contributed by atoms with van der Waals surface area (Å²) < 4.78 is 5.84. The van der Waals surface area contributed by atoms with Crippen LogP contribution in [0.4, 0.5) is 0 Å². The molecule has 0 bridgehead atoms. The molecule has 1 aliphatic heterocycles. The van der Waals surface area contributed by atoms with Gasteiger partial charge in [0.2, 0.25) is 5.91 Å². The fourth-order valence-corrected chi connectivity index (χ4v) is 3.79. The summed E-state index contributed by atoms with van der Waals surface area (Å²) in [6.07, 6.45) is 0. The number of fused-ring (bicyclic) bond motifs is 1. The summed E-state index contributed by atoms with van der Waals surface area (Å²) in [6, 6.07) is 16.4. The highest BCUT2D eigenvalue weighted by Gasteiger charge is 2.36. The van der Waals surface area contributed by atoms with Gasteiger partial charge in [-0.1, -0.05) is 24.3 Å². The van der Waals surface area contributed by atoms with Crippen LogP contribution in [0.15, 0.2) is 52.9 Å². The second kappa shape index (κ2) is 6.92. The molecule has 1 N–H and O–H groups in total. The second-order valence-electron chi connectivity index (χ2n) is 7.05. The van der Waals surface area contributed by atoms with E-state index in [4.69, 9.17) is 9.40 Å². The zero-order valence-electron chi connectivity index (χ0n) is 15.1. The number of nitrogens with zero attached hydrogens (tertiary/aromatic N) is 2. The summed E-state index contributed by atoms with van der Waals surface area (Å²) in [5.41, 5.74) is 2.06. The van der Waals surface area contributed by atoms with E-state index in [1.54, 1.807) is 6.92 Å². The molecule has 0 saturated carbocycles. The van der Waals surface area contributed by atoms with Crippen molar-refractivity contribution < 1.29 is 9.21 Å². The summed E-state index contributed by atoms with van der Waals surface area (Å²) >= 11 is 0. The van der Waals surface area contributed by atoms with Crippen LogP contribution < -0.4 is 5.32 Å². The van der Waals surface area contributed by atoms with Gasteiger partial charge in [0.25, 0.3) is 0 Å². The van der Waals surface area contributed by atoms with Gasteiger partial charge in [-0.25, -0.2) is 0 Å². The van der Waals surface area contributed by atoms with E-state index in [-0.39, 0.29) is 17.9 Å². The van der Waals surface area contributed by atoms with Gasteiger partial charge in [0.15, 0.2) is 0 Å². The van der Waals surface area contributed by atoms with Gasteiger partial charge in [-0.3, -0.25) is 14.7 Å². The lowest BCUT2D eigenvalue weighted by molar-refractivity contribution is -0.119. The van der Waals surface area contributed by atoms with Gasteiger partial charge in [-0.05, 0) is 31.2 Å². The predicted molar refractivity (Wildman–Crippen MR) is 101 cm³/mol. The smallest absolute Gasteiger partial charge is 0.217 e. The Bertz CT molecular complexity index is 934. The molecule has 5 heteroatoms. The van der Waals surface area contributed by atoms with Crippen molar-refractivity contribution in [1.82, 2.24) is 15.2 Å². The first-order valence-corrected chi connectivity index (χ1v) is 8.99. The normalized spacial score (nSPS) is 20.5. The molecule has 0 radical (unpaired) electrons. The molecule has 1 fully saturated rings. The number of carbonyl (C=O) groups is 1. The molecule has 26 heavy (non-hydrogen) atoms. The second-order valence-corrected chi connectivity index (χ2v) is 7.05. The Hall–Kier alpha value is -2.66. The predicted octanol–water partition coefficient (Wildman–Crippen LogP) is 3.24. The minimum Gasteiger partial charge on any atom is -0.466 e. The molecule has 5 nitrogen and oxygen atoms in total. The zero-order chi connectivity index (χ0) is 18.1. The lowest BCUT2D eigenvalue weighted by atomic mass is 10.0. The van der Waals surface area contributed by atoms with E-state index >= 15 is 0 Å². The van der Waals surface area contributed by atoms with Crippen LogP contribution in [0.25, 0.3) is 10.9 Å². The number of likely N-dealkylation sites (tertiary alicyclic amines) is 1. The third-order valence-electron chi connectivity index (χ3n) is 4.95. The van der Waals surface area contributed by atoms with Crippen LogP contribution in [0.3, 0.4) is 0 Å². The molecule has 1 aliphatic rings. The summed E-state index contributed by atoms with van der Waals surface area (Å²) in [7, 11) is 0. The maximum Gasteiger partial charge on any atom is 0.217 e. The van der Waals surface area contributed by atoms with E-state index < -0.39 is 0 Å². The van der Waals surface area contributed by atoms with Crippen molar-refractivity contribution in [3.63, 3.8) is 0 Å². The number of furan rings is 1. The number of para-hydroxylation sites is 1. The van der Waals surface area contributed by atoms with Crippen molar-refractivity contribution >= 4 is 16.8 Å². The quantitative estimate of drug-likeness (QED) is 0.786. The molecule has 0 unspecified atom stereocenters. The Balaban J connectivity index is 1.53. The molecule has 3 aromatic rings. The van der Waals surface area contributed by atoms with Crippen molar-refractivity contribution in [3.8, 4) is 0 Å². The maximum absolute atomic E-state index is 11.6. The fourth-order valence-electron chi connectivity index (χ4n) is 3.79. The van der Waals surface area contributed by atoms with Crippen molar-refractivity contribution in [2.45, 2.75) is 32.4 Å². The van der Waals surface area contributed by atoms with Crippen LogP contribution in [0.1, 0.15) is 30.1 Å². The van der Waals surface area contributed by atoms with E-state index in [1.165, 1.54) is 0 Å². The largest absolute Gasteiger partial charge is 0.466 e. The van der Waals surface area contributed by atoms with E-state index in [2.05, 4.69) is 28.4 Å². The molecule has 1 amide bonds. The molecular weight excluding hydrogens is 326 g/mol. The minimum absolute atomic E-state index is 0.00559. The van der Waals surface area contributed by atoms with Crippen LogP contribution in [0, 0.1) is 6.92 Å². The van der Waals surface area contributed by atoms with Gasteiger partial charge in [-0.15, -0.1) is 0 Å². The van der Waals surface area contributed by atoms with Crippen LogP contribution in [-0.2, 0) is 11.3 Å². The first-order valence-electron chi connectivity index (χ1n) is 8.99. The molecule has 0 aliphatic carbocycles. The summed E-state index contributed by atoms with van der Waals surface area (Å²) in [5, 5.41) is 4.23. The van der Waals surface area contributed by atoms with E-state index in [0.717, 1.165) is 47.8 Å². The topological polar surface area (TPSA) is 58.4 Å². The van der Waals surface area contributed by atoms with Crippen LogP contribution in [0.2, 0.25) is 0 Å². The zero-order valence-corrected chi connectivity index (χ0v) is 15.1. The number of pyridine rings is 1. The number of aromatic nitrogens is 1. The minimum atomic E-state index is -0.00559. The summed E-state index contributed by atoms with van der Waals surface area (Å²) in [6.45, 7) is 5.91. The average molecular weight is 349 g/mol. The molecule has 134 valence electrons. The molecule has 1 aromatic carbocycles. The number of benzene rings is 1. The lowest BCUT2D eigenvalue weighted by Gasteiger charge is -2.17. The number of hydrogen-bond donors (Lipinski definition) is 1. The van der Waals surface area contributed by atoms with E-state index in [0.29, 0.717) is 0 Å². The fraction of sp³-hybridized carbons (Fsp3) is 0.333. The first-order chi connectivity index (χ1) is 12.6. The van der Waals surface area contributed by atoms with Crippen molar-refractivity contribution in [3.05, 3.63) is 65.7 Å². The van der Waals surface area contributed by atoms with Gasteiger partial charge in [0, 0.05) is 31.9 Å². The highest BCUT2D eigenvalue weighted by Crippen LogP contribution is 2.30. The number of hydrogen-bond acceptors (Lipinski definition) is 4. The standard InChI is InChI=1S/C21H23N3O2/c1-14-7-10-21(26-14)18-12-24(13-20(18)22-15(2)25)11-17-9-8-16-5-3-4-6-19(16)23-17/h3-10,18,20H,11-13H2,1-2H3,(H,22,25)/t18-,20-/m1/s1. The Morgan fingerprint density at radius 2 is 2.04 bits per heavy atom. The molecule has 1 saturated heterocycles. The number of carbonyl (C=O) groups excluding carboxylic acids is 1. The summed E-state index contributed by atoms with van der Waals surface area (Å²) in [5.74, 6) is 1.99. The maximum atomic E-state index is 11.6. The van der Waals surface area contributed by atoms with Gasteiger partial charge in [0.1, 0.15) is 11.5 Å². The Labute approximate surface area is 153 Å². The first kappa shape index (κ1) is 16.8. The monoisotopic (exact) mass is 349 g/mol. The van der Waals surface area contributed by atoms with E-state index in [1.807, 2.05) is 37.3 Å². The third-order valence-corrected chi connectivity index (χ3v) is 4.95. The van der Waals surface area contributed by atoms with Gasteiger partial charge in [0.05, 0.1) is 23.2 Å². The van der Waals surface area contributed by atoms with Crippen molar-refractivity contribution in [1.29, 1.82) is 0 Å². The molecule has 0 spiro atoms. The number of rotatable bonds is 4. The Kier molecular flexibility index (Phi) is 4.47. The van der Waals surface area contributed by atoms with Crippen LogP contribution in [-0.4, -0.2) is 34.9 Å². The third kappa shape index (κ3) is 3.48. The molecule has 4 rings (SSSR count). The van der Waals surface area contributed by atoms with Crippen molar-refractivity contribution in [2.75, 3.05) is 13.1 Å². The highest BCUT2D eigenvalue weighted by molar-refractivity contribution is 5.78. The molecule has 2 aromatic heterocycles. The SMILES string of the molecule is CC(=O)N[C@@H]1CN(Cc2ccc3ccccc3n2)C[C@H]1c1ccc(C)o1. The lowest BCUT2D eigenvalue weighted by Crippen LogP contribution is -2.38. The molecule has 3 heterocycles. The number of nitrogens with one attached hydrogen (secondary N) is 1. The number of amides is 1. The van der Waals surface area contributed by atoms with Crippen molar-refractivity contribution in [2.24, 2.45) is 0 Å². The summed E-state index contributed by atoms with van der Waals surface area (Å²) in [4.78, 5) is 18.7. The molecule has 2 atom stereocenters.